The van der Waals surface area contributed by atoms with Crippen molar-refractivity contribution in [1.82, 2.24) is 5.32 Å². The number of hydrogen-bond donors (Lipinski definition) is 2. The van der Waals surface area contributed by atoms with E-state index in [2.05, 4.69) is 5.32 Å². The van der Waals surface area contributed by atoms with Crippen molar-refractivity contribution in [3.05, 3.63) is 28.8 Å². The number of rotatable bonds is 5. The third kappa shape index (κ3) is 4.35. The Morgan fingerprint density at radius 2 is 2.14 bits per heavy atom. The third-order valence-electron chi connectivity index (χ3n) is 3.94. The fourth-order valence-electron chi connectivity index (χ4n) is 2.59. The fourth-order valence-corrected chi connectivity index (χ4v) is 2.82. The summed E-state index contributed by atoms with van der Waals surface area (Å²) in [7, 11) is 0. The zero-order chi connectivity index (χ0) is 15.5. The number of carbonyl (C=O) groups is 1. The van der Waals surface area contributed by atoms with Crippen LogP contribution in [0.2, 0.25) is 5.02 Å². The van der Waals surface area contributed by atoms with Gasteiger partial charge >= 0.3 is 0 Å². The Bertz CT molecular complexity index is 512. The second-order valence-electron chi connectivity index (χ2n) is 5.82. The number of carbonyl (C=O) groups excluding carboxylic acids is 1. The second kappa shape index (κ2) is 6.67. The molecule has 5 heteroatoms. The minimum Gasteiger partial charge on any atom is -0.481 e. The smallest absolute Gasteiger partial charge is 0.260 e. The van der Waals surface area contributed by atoms with Gasteiger partial charge in [-0.1, -0.05) is 24.4 Å². The second-order valence-corrected chi connectivity index (χ2v) is 6.26. The molecule has 2 N–H and O–H groups in total. The van der Waals surface area contributed by atoms with Crippen LogP contribution in [0.5, 0.6) is 5.75 Å². The molecule has 4 nitrogen and oxygen atoms in total. The Morgan fingerprint density at radius 3 is 2.76 bits per heavy atom. The largest absolute Gasteiger partial charge is 0.481 e. The zero-order valence-electron chi connectivity index (χ0n) is 12.5. The number of hydrogen-bond acceptors (Lipinski definition) is 3. The first-order valence-corrected chi connectivity index (χ1v) is 7.70. The highest BCUT2D eigenvalue weighted by atomic mass is 35.5. The molecule has 1 unspecified atom stereocenters. The van der Waals surface area contributed by atoms with E-state index in [1.54, 1.807) is 25.1 Å². The van der Waals surface area contributed by atoms with Crippen LogP contribution in [-0.2, 0) is 4.79 Å². The standard InChI is InChI=1S/C16H22ClNO3/c1-11-9-13(17)5-6-14(11)21-12(2)15(19)18-10-16(20)7-3-4-8-16/h5-6,9,12,20H,3-4,7-8,10H2,1-2H3,(H,18,19). The average molecular weight is 312 g/mol. The Labute approximate surface area is 130 Å². The summed E-state index contributed by atoms with van der Waals surface area (Å²) in [4.78, 5) is 12.1. The summed E-state index contributed by atoms with van der Waals surface area (Å²) in [5.74, 6) is 0.423. The molecule has 0 aromatic heterocycles. The van der Waals surface area contributed by atoms with Crippen molar-refractivity contribution in [2.24, 2.45) is 0 Å². The van der Waals surface area contributed by atoms with E-state index < -0.39 is 11.7 Å². The van der Waals surface area contributed by atoms with Crippen molar-refractivity contribution in [2.75, 3.05) is 6.54 Å². The van der Waals surface area contributed by atoms with Crippen molar-refractivity contribution < 1.29 is 14.6 Å². The monoisotopic (exact) mass is 311 g/mol. The maximum atomic E-state index is 12.1. The molecule has 1 fully saturated rings. The minimum absolute atomic E-state index is 0.218. The molecule has 21 heavy (non-hydrogen) atoms. The number of nitrogens with one attached hydrogen (secondary N) is 1. The van der Waals surface area contributed by atoms with Gasteiger partial charge in [0.15, 0.2) is 6.10 Å². The molecule has 1 aliphatic rings. The van der Waals surface area contributed by atoms with Gasteiger partial charge in [-0.15, -0.1) is 0 Å². The summed E-state index contributed by atoms with van der Waals surface area (Å²) in [6, 6.07) is 5.28. The summed E-state index contributed by atoms with van der Waals surface area (Å²) in [5, 5.41) is 13.6. The molecule has 0 radical (unpaired) electrons. The molecular weight excluding hydrogens is 290 g/mol. The average Bonchev–Trinajstić information content (AvgIpc) is 2.86. The SMILES string of the molecule is Cc1cc(Cl)ccc1OC(C)C(=O)NCC1(O)CCCC1. The van der Waals surface area contributed by atoms with Gasteiger partial charge in [0.1, 0.15) is 5.75 Å². The van der Waals surface area contributed by atoms with Gasteiger partial charge in [-0.2, -0.15) is 0 Å². The van der Waals surface area contributed by atoms with E-state index in [0.29, 0.717) is 17.3 Å². The van der Waals surface area contributed by atoms with Crippen LogP contribution in [-0.4, -0.2) is 29.3 Å². The van der Waals surface area contributed by atoms with Gasteiger partial charge < -0.3 is 15.2 Å². The van der Waals surface area contributed by atoms with E-state index in [1.165, 1.54) is 0 Å². The van der Waals surface area contributed by atoms with E-state index in [1.807, 2.05) is 6.92 Å². The van der Waals surface area contributed by atoms with E-state index in [0.717, 1.165) is 31.2 Å². The summed E-state index contributed by atoms with van der Waals surface area (Å²) >= 11 is 5.89. The van der Waals surface area contributed by atoms with Crippen molar-refractivity contribution in [1.29, 1.82) is 0 Å². The number of amides is 1. The van der Waals surface area contributed by atoms with Gasteiger partial charge in [-0.25, -0.2) is 0 Å². The van der Waals surface area contributed by atoms with Crippen LogP contribution in [0.15, 0.2) is 18.2 Å². The van der Waals surface area contributed by atoms with Gasteiger partial charge in [-0.05, 0) is 50.5 Å². The number of aliphatic hydroxyl groups is 1. The quantitative estimate of drug-likeness (QED) is 0.879. The fraction of sp³-hybridized carbons (Fsp3) is 0.562. The van der Waals surface area contributed by atoms with Crippen LogP contribution >= 0.6 is 11.6 Å². The van der Waals surface area contributed by atoms with Gasteiger partial charge in [-0.3, -0.25) is 4.79 Å². The van der Waals surface area contributed by atoms with Gasteiger partial charge in [0, 0.05) is 11.6 Å². The molecule has 0 heterocycles. The van der Waals surface area contributed by atoms with Crippen LogP contribution in [0, 0.1) is 6.92 Å². The molecule has 1 aromatic rings. The first-order chi connectivity index (χ1) is 9.89. The molecule has 0 spiro atoms. The van der Waals surface area contributed by atoms with Gasteiger partial charge in [0.25, 0.3) is 5.91 Å². The van der Waals surface area contributed by atoms with Crippen LogP contribution in [0.4, 0.5) is 0 Å². The Kier molecular flexibility index (Phi) is 5.12. The molecule has 116 valence electrons. The maximum Gasteiger partial charge on any atom is 0.260 e. The summed E-state index contributed by atoms with van der Waals surface area (Å²) in [6.45, 7) is 3.87. The molecule has 0 saturated heterocycles. The molecule has 0 bridgehead atoms. The first kappa shape index (κ1) is 16.1. The number of ether oxygens (including phenoxy) is 1. The predicted octanol–water partition coefficient (Wildman–Crippen LogP) is 2.84. The molecule has 1 amide bonds. The molecule has 1 atom stereocenters. The lowest BCUT2D eigenvalue weighted by Crippen LogP contribution is -2.45. The third-order valence-corrected chi connectivity index (χ3v) is 4.17. The van der Waals surface area contributed by atoms with Crippen LogP contribution < -0.4 is 10.1 Å². The molecular formula is C16H22ClNO3. The topological polar surface area (TPSA) is 58.6 Å². The van der Waals surface area contributed by atoms with E-state index in [-0.39, 0.29) is 5.91 Å². The van der Waals surface area contributed by atoms with Crippen LogP contribution in [0.1, 0.15) is 38.2 Å². The van der Waals surface area contributed by atoms with Gasteiger partial charge in [0.2, 0.25) is 0 Å². The Morgan fingerprint density at radius 1 is 1.48 bits per heavy atom. The molecule has 1 saturated carbocycles. The van der Waals surface area contributed by atoms with Crippen molar-refractivity contribution in [3.8, 4) is 5.75 Å². The summed E-state index contributed by atoms with van der Waals surface area (Å²) in [5.41, 5.74) is 0.141. The lowest BCUT2D eigenvalue weighted by atomic mass is 10.0. The Hall–Kier alpha value is -1.26. The lowest BCUT2D eigenvalue weighted by Gasteiger charge is -2.24. The number of aryl methyl sites for hydroxylation is 1. The first-order valence-electron chi connectivity index (χ1n) is 7.32. The highest BCUT2D eigenvalue weighted by Crippen LogP contribution is 2.28. The van der Waals surface area contributed by atoms with Crippen LogP contribution in [0.3, 0.4) is 0 Å². The molecule has 2 rings (SSSR count). The summed E-state index contributed by atoms with van der Waals surface area (Å²) < 4.78 is 5.66. The lowest BCUT2D eigenvalue weighted by molar-refractivity contribution is -0.128. The van der Waals surface area contributed by atoms with Crippen molar-refractivity contribution in [2.45, 2.75) is 51.2 Å². The highest BCUT2D eigenvalue weighted by Gasteiger charge is 2.32. The minimum atomic E-state index is -0.744. The molecule has 1 aromatic carbocycles. The van der Waals surface area contributed by atoms with Crippen LogP contribution in [0.25, 0.3) is 0 Å². The van der Waals surface area contributed by atoms with Crippen molar-refractivity contribution in [3.63, 3.8) is 0 Å². The van der Waals surface area contributed by atoms with E-state index in [4.69, 9.17) is 16.3 Å². The predicted molar refractivity (Wildman–Crippen MR) is 82.7 cm³/mol. The molecule has 0 aliphatic heterocycles. The normalized spacial score (nSPS) is 18.3. The van der Waals surface area contributed by atoms with Crippen molar-refractivity contribution >= 4 is 17.5 Å². The zero-order valence-corrected chi connectivity index (χ0v) is 13.2. The number of benzene rings is 1. The van der Waals surface area contributed by atoms with E-state index in [9.17, 15) is 9.90 Å². The summed E-state index contributed by atoms with van der Waals surface area (Å²) in [6.07, 6.45) is 2.91. The van der Waals surface area contributed by atoms with Gasteiger partial charge in [0.05, 0.1) is 5.60 Å². The van der Waals surface area contributed by atoms with E-state index >= 15 is 0 Å². The highest BCUT2D eigenvalue weighted by molar-refractivity contribution is 6.30. The number of halogens is 1. The maximum absolute atomic E-state index is 12.1. The molecule has 1 aliphatic carbocycles. The Balaban J connectivity index is 1.87.